The Morgan fingerprint density at radius 3 is 2.61 bits per heavy atom. The molecule has 23 heavy (non-hydrogen) atoms. The van der Waals surface area contributed by atoms with Crippen molar-refractivity contribution >= 4 is 15.8 Å². The summed E-state index contributed by atoms with van der Waals surface area (Å²) in [5.41, 5.74) is -0.0726. The van der Waals surface area contributed by atoms with Gasteiger partial charge in [-0.25, -0.2) is 13.1 Å². The van der Waals surface area contributed by atoms with Crippen LogP contribution in [0.3, 0.4) is 0 Å². The third-order valence-corrected chi connectivity index (χ3v) is 6.91. The molecular weight excluding hydrogens is 314 g/mol. The number of aromatic nitrogens is 1. The van der Waals surface area contributed by atoms with Gasteiger partial charge in [-0.1, -0.05) is 18.9 Å². The van der Waals surface area contributed by atoms with Crippen molar-refractivity contribution in [2.45, 2.75) is 49.8 Å². The highest BCUT2D eigenvalue weighted by molar-refractivity contribution is 7.90. The molecule has 3 rings (SSSR count). The second kappa shape index (κ2) is 6.65. The standard InChI is InChI=1S/C16H25N3O3S/c1-18-15(9-4-10-16(18)20)19-11-5-8-14(12-19)23(21,22)17-13-6-2-3-7-13/h4,9-10,13-14,17H,2-3,5-8,11-12H2,1H3/t14-/m0/s1. The number of rotatable bonds is 4. The number of nitrogens with zero attached hydrogens (tertiary/aromatic N) is 2. The smallest absolute Gasteiger partial charge is 0.251 e. The second-order valence-corrected chi connectivity index (χ2v) is 8.63. The first-order valence-corrected chi connectivity index (χ1v) is 9.94. The predicted octanol–water partition coefficient (Wildman–Crippen LogP) is 1.22. The monoisotopic (exact) mass is 339 g/mol. The summed E-state index contributed by atoms with van der Waals surface area (Å²) in [6.45, 7) is 1.23. The van der Waals surface area contributed by atoms with E-state index in [0.29, 0.717) is 13.0 Å². The average Bonchev–Trinajstić information content (AvgIpc) is 3.02. The zero-order chi connectivity index (χ0) is 16.4. The van der Waals surface area contributed by atoms with Crippen molar-refractivity contribution in [2.75, 3.05) is 18.0 Å². The topological polar surface area (TPSA) is 71.4 Å². The number of hydrogen-bond acceptors (Lipinski definition) is 4. The molecule has 0 bridgehead atoms. The quantitative estimate of drug-likeness (QED) is 0.895. The van der Waals surface area contributed by atoms with E-state index in [1.165, 1.54) is 6.07 Å². The minimum Gasteiger partial charge on any atom is -0.357 e. The number of pyridine rings is 1. The van der Waals surface area contributed by atoms with Crippen molar-refractivity contribution in [1.29, 1.82) is 0 Å². The Bertz CT molecular complexity index is 708. The van der Waals surface area contributed by atoms with Gasteiger partial charge in [-0.05, 0) is 31.7 Å². The first-order valence-electron chi connectivity index (χ1n) is 8.39. The van der Waals surface area contributed by atoms with Crippen LogP contribution in [0.25, 0.3) is 0 Å². The lowest BCUT2D eigenvalue weighted by molar-refractivity contribution is 0.502. The Morgan fingerprint density at radius 2 is 1.87 bits per heavy atom. The van der Waals surface area contributed by atoms with Gasteiger partial charge in [0.15, 0.2) is 0 Å². The van der Waals surface area contributed by atoms with Crippen LogP contribution >= 0.6 is 0 Å². The SMILES string of the molecule is Cn1c(N2CCC[C@H](S(=O)(=O)NC3CCCC3)C2)cccc1=O. The first kappa shape index (κ1) is 16.5. The molecule has 1 saturated heterocycles. The first-order chi connectivity index (χ1) is 11.0. The molecule has 6 nitrogen and oxygen atoms in total. The number of piperidine rings is 1. The van der Waals surface area contributed by atoms with Gasteiger partial charge in [0.1, 0.15) is 5.82 Å². The molecule has 2 aliphatic rings. The third-order valence-electron chi connectivity index (χ3n) is 4.99. The summed E-state index contributed by atoms with van der Waals surface area (Å²) < 4.78 is 29.8. The zero-order valence-electron chi connectivity index (χ0n) is 13.6. The maximum Gasteiger partial charge on any atom is 0.251 e. The highest BCUT2D eigenvalue weighted by atomic mass is 32.2. The van der Waals surface area contributed by atoms with Crippen LogP contribution in [-0.2, 0) is 17.1 Å². The van der Waals surface area contributed by atoms with Crippen LogP contribution in [0.2, 0.25) is 0 Å². The zero-order valence-corrected chi connectivity index (χ0v) is 14.4. The van der Waals surface area contributed by atoms with Crippen LogP contribution in [0.1, 0.15) is 38.5 Å². The van der Waals surface area contributed by atoms with E-state index in [2.05, 4.69) is 4.72 Å². The molecule has 7 heteroatoms. The third kappa shape index (κ3) is 3.61. The van der Waals surface area contributed by atoms with Crippen LogP contribution < -0.4 is 15.2 Å². The Hall–Kier alpha value is -1.34. The van der Waals surface area contributed by atoms with Crippen LogP contribution in [-0.4, -0.2) is 37.4 Å². The molecule has 2 heterocycles. The van der Waals surface area contributed by atoms with E-state index in [1.807, 2.05) is 11.0 Å². The summed E-state index contributed by atoms with van der Waals surface area (Å²) in [6, 6.07) is 5.23. The van der Waals surface area contributed by atoms with Crippen LogP contribution in [0.4, 0.5) is 5.82 Å². The highest BCUT2D eigenvalue weighted by Gasteiger charge is 2.33. The largest absolute Gasteiger partial charge is 0.357 e. The predicted molar refractivity (Wildman–Crippen MR) is 91.2 cm³/mol. The summed E-state index contributed by atoms with van der Waals surface area (Å²) >= 11 is 0. The van der Waals surface area contributed by atoms with Gasteiger partial charge in [0.25, 0.3) is 5.56 Å². The Labute approximate surface area is 137 Å². The summed E-state index contributed by atoms with van der Waals surface area (Å²) in [4.78, 5) is 13.8. The molecule has 1 aliphatic carbocycles. The number of anilines is 1. The molecule has 1 aromatic rings. The summed E-state index contributed by atoms with van der Waals surface area (Å²) in [6.07, 6.45) is 5.61. The Morgan fingerprint density at radius 1 is 1.13 bits per heavy atom. The molecule has 1 N–H and O–H groups in total. The van der Waals surface area contributed by atoms with E-state index >= 15 is 0 Å². The van der Waals surface area contributed by atoms with Gasteiger partial charge >= 0.3 is 0 Å². The van der Waals surface area contributed by atoms with Gasteiger partial charge in [-0.3, -0.25) is 9.36 Å². The van der Waals surface area contributed by atoms with E-state index < -0.39 is 15.3 Å². The molecule has 2 fully saturated rings. The normalized spacial score (nSPS) is 23.3. The minimum atomic E-state index is -3.31. The van der Waals surface area contributed by atoms with Crippen molar-refractivity contribution in [3.8, 4) is 0 Å². The summed E-state index contributed by atoms with van der Waals surface area (Å²) in [5, 5.41) is -0.410. The number of sulfonamides is 1. The molecule has 0 aromatic carbocycles. The van der Waals surface area contributed by atoms with E-state index in [-0.39, 0.29) is 11.6 Å². The van der Waals surface area contributed by atoms with Gasteiger partial charge in [0, 0.05) is 32.2 Å². The Kier molecular flexibility index (Phi) is 4.77. The van der Waals surface area contributed by atoms with Crippen LogP contribution in [0, 0.1) is 0 Å². The number of hydrogen-bond donors (Lipinski definition) is 1. The highest BCUT2D eigenvalue weighted by Crippen LogP contribution is 2.24. The van der Waals surface area contributed by atoms with Gasteiger partial charge in [0.2, 0.25) is 10.0 Å². The molecule has 128 valence electrons. The van der Waals surface area contributed by atoms with Crippen molar-refractivity contribution < 1.29 is 8.42 Å². The molecular formula is C16H25N3O3S. The van der Waals surface area contributed by atoms with Gasteiger partial charge in [0.05, 0.1) is 5.25 Å². The van der Waals surface area contributed by atoms with Crippen molar-refractivity contribution in [3.05, 3.63) is 28.6 Å². The fourth-order valence-electron chi connectivity index (χ4n) is 3.64. The van der Waals surface area contributed by atoms with E-state index in [1.54, 1.807) is 17.7 Å². The molecule has 0 unspecified atom stereocenters. The fourth-order valence-corrected chi connectivity index (χ4v) is 5.39. The second-order valence-electron chi connectivity index (χ2n) is 6.64. The molecule has 1 atom stereocenters. The fraction of sp³-hybridized carbons (Fsp3) is 0.688. The maximum atomic E-state index is 12.7. The lowest BCUT2D eigenvalue weighted by Gasteiger charge is -2.35. The van der Waals surface area contributed by atoms with Gasteiger partial charge < -0.3 is 4.90 Å². The molecule has 0 amide bonds. The van der Waals surface area contributed by atoms with Gasteiger partial charge in [-0.2, -0.15) is 0 Å². The van der Waals surface area contributed by atoms with Crippen LogP contribution in [0.5, 0.6) is 0 Å². The number of nitrogens with one attached hydrogen (secondary N) is 1. The molecule has 1 aliphatic heterocycles. The van der Waals surface area contributed by atoms with E-state index in [0.717, 1.165) is 44.5 Å². The minimum absolute atomic E-state index is 0.0726. The summed E-state index contributed by atoms with van der Waals surface area (Å²) in [5.74, 6) is 0.790. The van der Waals surface area contributed by atoms with Crippen LogP contribution in [0.15, 0.2) is 23.0 Å². The molecule has 0 radical (unpaired) electrons. The molecule has 1 saturated carbocycles. The van der Waals surface area contributed by atoms with Crippen molar-refractivity contribution in [1.82, 2.24) is 9.29 Å². The lowest BCUT2D eigenvalue weighted by Crippen LogP contribution is -2.49. The van der Waals surface area contributed by atoms with Crippen molar-refractivity contribution in [3.63, 3.8) is 0 Å². The lowest BCUT2D eigenvalue weighted by atomic mass is 10.1. The van der Waals surface area contributed by atoms with E-state index in [4.69, 9.17) is 0 Å². The molecule has 0 spiro atoms. The summed E-state index contributed by atoms with van der Waals surface area (Å²) in [7, 11) is -1.58. The van der Waals surface area contributed by atoms with Gasteiger partial charge in [-0.15, -0.1) is 0 Å². The Balaban J connectivity index is 1.75. The van der Waals surface area contributed by atoms with Crippen molar-refractivity contribution in [2.24, 2.45) is 7.05 Å². The molecule has 1 aromatic heterocycles. The maximum absolute atomic E-state index is 12.7. The average molecular weight is 339 g/mol. The van der Waals surface area contributed by atoms with E-state index in [9.17, 15) is 13.2 Å².